The maximum Gasteiger partial charge on any atom is 0.453 e. The van der Waals surface area contributed by atoms with E-state index in [0.717, 1.165) is 24.3 Å². The molecule has 0 unspecified atom stereocenters. The van der Waals surface area contributed by atoms with Gasteiger partial charge in [-0.15, -0.1) is 0 Å². The van der Waals surface area contributed by atoms with Gasteiger partial charge in [-0.3, -0.25) is 9.69 Å². The predicted molar refractivity (Wildman–Crippen MR) is 109 cm³/mol. The van der Waals surface area contributed by atoms with Gasteiger partial charge in [0.25, 0.3) is 0 Å². The Hall–Kier alpha value is -2.43. The molecular formula is C23H25F8NO2. The normalized spacial score (nSPS) is 21.2. The van der Waals surface area contributed by atoms with Crippen LogP contribution in [0, 0.1) is 5.92 Å². The first kappa shape index (κ1) is 27.8. The van der Waals surface area contributed by atoms with Crippen LogP contribution in [0.2, 0.25) is 0 Å². The van der Waals surface area contributed by atoms with E-state index in [2.05, 4.69) is 13.2 Å². The topological polar surface area (TPSA) is 40.5 Å². The summed E-state index contributed by atoms with van der Waals surface area (Å²) in [5.41, 5.74) is -0.579. The maximum atomic E-state index is 14.1. The van der Waals surface area contributed by atoms with E-state index in [1.807, 2.05) is 0 Å². The van der Waals surface area contributed by atoms with Crippen molar-refractivity contribution in [2.24, 2.45) is 5.92 Å². The number of halogens is 8. The van der Waals surface area contributed by atoms with E-state index in [-0.39, 0.29) is 42.5 Å². The molecule has 0 amide bonds. The summed E-state index contributed by atoms with van der Waals surface area (Å²) in [4.78, 5) is 12.5. The molecule has 0 aliphatic carbocycles. The standard InChI is InChI=1S/C23H25F8NO2/c1-13(2)14(3)19(12-21(24,25)23(29,30)31)32-9-8-15(11-20(33)34)10-18(32)16-4-6-17(7-5-16)22(26,27)28/h4-7,15,18-19H,1,3,8-12H2,2H3,(H,33,34)/t15-,18+,19+/m1/s1. The fraction of sp³-hybridized carbons (Fsp3) is 0.522. The quantitative estimate of drug-likeness (QED) is 0.309. The molecule has 1 aliphatic rings. The van der Waals surface area contributed by atoms with Gasteiger partial charge in [0.15, 0.2) is 0 Å². The zero-order chi connectivity index (χ0) is 26.1. The summed E-state index contributed by atoms with van der Waals surface area (Å²) in [6.07, 6.45) is -12.1. The van der Waals surface area contributed by atoms with Crippen molar-refractivity contribution in [3.05, 3.63) is 59.7 Å². The van der Waals surface area contributed by atoms with Crippen LogP contribution >= 0.6 is 0 Å². The number of piperidine rings is 1. The van der Waals surface area contributed by atoms with Gasteiger partial charge >= 0.3 is 24.2 Å². The van der Waals surface area contributed by atoms with Gasteiger partial charge in [-0.1, -0.05) is 30.9 Å². The van der Waals surface area contributed by atoms with Crippen LogP contribution in [-0.2, 0) is 11.0 Å². The largest absolute Gasteiger partial charge is 0.481 e. The molecule has 1 fully saturated rings. The molecule has 34 heavy (non-hydrogen) atoms. The Labute approximate surface area is 191 Å². The zero-order valence-corrected chi connectivity index (χ0v) is 18.3. The smallest absolute Gasteiger partial charge is 0.453 e. The Balaban J connectivity index is 2.51. The minimum absolute atomic E-state index is 0.0471. The lowest BCUT2D eigenvalue weighted by atomic mass is 9.82. The van der Waals surface area contributed by atoms with Crippen LogP contribution in [0.4, 0.5) is 35.1 Å². The van der Waals surface area contributed by atoms with Gasteiger partial charge in [-0.05, 0) is 55.5 Å². The lowest BCUT2D eigenvalue weighted by molar-refractivity contribution is -0.287. The van der Waals surface area contributed by atoms with E-state index in [1.165, 1.54) is 11.8 Å². The fourth-order valence-electron chi connectivity index (χ4n) is 4.17. The second-order valence-corrected chi connectivity index (χ2v) is 8.59. The molecule has 1 aromatic rings. The van der Waals surface area contributed by atoms with Crippen LogP contribution < -0.4 is 0 Å². The number of carbonyl (C=O) groups is 1. The number of rotatable bonds is 8. The minimum atomic E-state index is -5.81. The summed E-state index contributed by atoms with van der Waals surface area (Å²) < 4.78 is 106. The molecule has 1 N–H and O–H groups in total. The van der Waals surface area contributed by atoms with Crippen molar-refractivity contribution >= 4 is 5.97 Å². The van der Waals surface area contributed by atoms with E-state index in [1.54, 1.807) is 0 Å². The molecule has 11 heteroatoms. The third-order valence-corrected chi connectivity index (χ3v) is 6.05. The number of benzene rings is 1. The van der Waals surface area contributed by atoms with E-state index < -0.39 is 54.2 Å². The summed E-state index contributed by atoms with van der Waals surface area (Å²) >= 11 is 0. The van der Waals surface area contributed by atoms with Crippen molar-refractivity contribution in [2.75, 3.05) is 6.54 Å². The van der Waals surface area contributed by atoms with Crippen LogP contribution in [0.3, 0.4) is 0 Å². The summed E-state index contributed by atoms with van der Waals surface area (Å²) in [6, 6.07) is 1.43. The van der Waals surface area contributed by atoms with Gasteiger partial charge < -0.3 is 5.11 Å². The Morgan fingerprint density at radius 3 is 2.09 bits per heavy atom. The van der Waals surface area contributed by atoms with E-state index in [4.69, 9.17) is 5.11 Å². The molecule has 1 heterocycles. The van der Waals surface area contributed by atoms with Gasteiger partial charge in [0.2, 0.25) is 0 Å². The molecule has 1 saturated heterocycles. The van der Waals surface area contributed by atoms with Crippen molar-refractivity contribution in [3.8, 4) is 0 Å². The van der Waals surface area contributed by atoms with Crippen molar-refractivity contribution in [1.82, 2.24) is 4.90 Å². The number of aliphatic carboxylic acids is 1. The van der Waals surface area contributed by atoms with Crippen LogP contribution in [0.15, 0.2) is 48.6 Å². The summed E-state index contributed by atoms with van der Waals surface area (Å²) in [7, 11) is 0. The maximum absolute atomic E-state index is 14.1. The van der Waals surface area contributed by atoms with Crippen molar-refractivity contribution in [2.45, 2.75) is 63.0 Å². The van der Waals surface area contributed by atoms with Gasteiger partial charge in [0, 0.05) is 24.9 Å². The molecule has 0 radical (unpaired) electrons. The summed E-state index contributed by atoms with van der Waals surface area (Å²) in [6.45, 7) is 8.61. The number of hydrogen-bond acceptors (Lipinski definition) is 2. The third-order valence-electron chi connectivity index (χ3n) is 6.05. The van der Waals surface area contributed by atoms with Crippen molar-refractivity contribution in [3.63, 3.8) is 0 Å². The van der Waals surface area contributed by atoms with Gasteiger partial charge in [0.1, 0.15) is 0 Å². The first-order valence-electron chi connectivity index (χ1n) is 10.4. The third kappa shape index (κ3) is 6.58. The number of carboxylic acids is 1. The first-order chi connectivity index (χ1) is 15.4. The van der Waals surface area contributed by atoms with Crippen LogP contribution in [0.1, 0.15) is 49.8 Å². The zero-order valence-electron chi connectivity index (χ0n) is 18.3. The van der Waals surface area contributed by atoms with Crippen LogP contribution in [0.5, 0.6) is 0 Å². The summed E-state index contributed by atoms with van der Waals surface area (Å²) in [5, 5.41) is 9.14. The number of carboxylic acid groups (broad SMARTS) is 1. The minimum Gasteiger partial charge on any atom is -0.481 e. The molecule has 190 valence electrons. The highest BCUT2D eigenvalue weighted by atomic mass is 19.4. The van der Waals surface area contributed by atoms with Crippen molar-refractivity contribution in [1.29, 1.82) is 0 Å². The Bertz CT molecular complexity index is 905. The monoisotopic (exact) mass is 499 g/mol. The average Bonchev–Trinajstić information content (AvgIpc) is 2.69. The van der Waals surface area contributed by atoms with Gasteiger partial charge in [-0.25, -0.2) is 0 Å². The Morgan fingerprint density at radius 2 is 1.65 bits per heavy atom. The number of nitrogens with zero attached hydrogens (tertiary/aromatic N) is 1. The molecule has 3 atom stereocenters. The molecule has 0 bridgehead atoms. The molecule has 0 saturated carbocycles. The van der Waals surface area contributed by atoms with E-state index >= 15 is 0 Å². The van der Waals surface area contributed by atoms with E-state index in [9.17, 15) is 39.9 Å². The highest BCUT2D eigenvalue weighted by molar-refractivity contribution is 5.67. The number of alkyl halides is 8. The van der Waals surface area contributed by atoms with Crippen LogP contribution in [-0.4, -0.2) is 40.7 Å². The SMILES string of the molecule is C=C(C)C(=C)[C@H](CC(F)(F)C(F)(F)F)N1CC[C@@H](CC(=O)O)C[C@H]1c1ccc(C(F)(F)F)cc1. The lowest BCUT2D eigenvalue weighted by Gasteiger charge is -2.45. The highest BCUT2D eigenvalue weighted by Gasteiger charge is 2.59. The Morgan fingerprint density at radius 1 is 1.09 bits per heavy atom. The predicted octanol–water partition coefficient (Wildman–Crippen LogP) is 7.02. The second-order valence-electron chi connectivity index (χ2n) is 8.59. The molecule has 1 aromatic carbocycles. The fourth-order valence-corrected chi connectivity index (χ4v) is 4.17. The van der Waals surface area contributed by atoms with Gasteiger partial charge in [-0.2, -0.15) is 35.1 Å². The molecule has 0 spiro atoms. The Kier molecular flexibility index (Phi) is 8.22. The lowest BCUT2D eigenvalue weighted by Crippen LogP contribution is -2.50. The molecule has 3 nitrogen and oxygen atoms in total. The molecular weight excluding hydrogens is 474 g/mol. The molecule has 1 aliphatic heterocycles. The number of hydrogen-bond donors (Lipinski definition) is 1. The molecule has 0 aromatic heterocycles. The summed E-state index contributed by atoms with van der Waals surface area (Å²) in [5.74, 6) is -6.61. The van der Waals surface area contributed by atoms with Gasteiger partial charge in [0.05, 0.1) is 5.56 Å². The average molecular weight is 499 g/mol. The van der Waals surface area contributed by atoms with Crippen molar-refractivity contribution < 1.29 is 45.0 Å². The highest BCUT2D eigenvalue weighted by Crippen LogP contribution is 2.45. The second kappa shape index (κ2) is 10.1. The molecule has 2 rings (SSSR count). The first-order valence-corrected chi connectivity index (χ1v) is 10.4. The number of likely N-dealkylation sites (tertiary alicyclic amines) is 1. The van der Waals surface area contributed by atoms with E-state index in [0.29, 0.717) is 0 Å². The van der Waals surface area contributed by atoms with Crippen LogP contribution in [0.25, 0.3) is 0 Å².